The third kappa shape index (κ3) is 3.28. The summed E-state index contributed by atoms with van der Waals surface area (Å²) in [5, 5.41) is 19.8. The first-order valence-corrected chi connectivity index (χ1v) is 8.63. The number of benzene rings is 1. The van der Waals surface area contributed by atoms with Crippen LogP contribution >= 0.6 is 0 Å². The van der Waals surface area contributed by atoms with Crippen molar-refractivity contribution in [2.45, 2.75) is 40.7 Å². The van der Waals surface area contributed by atoms with Crippen LogP contribution in [0.25, 0.3) is 10.9 Å². The van der Waals surface area contributed by atoms with E-state index >= 15 is 0 Å². The molecule has 140 valence electrons. The van der Waals surface area contributed by atoms with Crippen molar-refractivity contribution in [3.05, 3.63) is 57.5 Å². The first-order valence-electron chi connectivity index (χ1n) is 8.63. The van der Waals surface area contributed by atoms with E-state index in [1.807, 2.05) is 32.9 Å². The van der Waals surface area contributed by atoms with Crippen molar-refractivity contribution in [2.24, 2.45) is 0 Å². The van der Waals surface area contributed by atoms with Crippen molar-refractivity contribution in [1.29, 1.82) is 0 Å². The highest BCUT2D eigenvalue weighted by Crippen LogP contribution is 2.26. The van der Waals surface area contributed by atoms with Crippen molar-refractivity contribution in [2.75, 3.05) is 0 Å². The van der Waals surface area contributed by atoms with Crippen LogP contribution in [0.5, 0.6) is 0 Å². The van der Waals surface area contributed by atoms with E-state index in [2.05, 4.69) is 20.5 Å². The van der Waals surface area contributed by atoms with Crippen molar-refractivity contribution in [1.82, 2.24) is 20.5 Å². The molecule has 3 rings (SSSR count). The lowest BCUT2D eigenvalue weighted by Gasteiger charge is -2.17. The molecule has 0 fully saturated rings. The Morgan fingerprint density at radius 1 is 1.15 bits per heavy atom. The Morgan fingerprint density at radius 2 is 1.85 bits per heavy atom. The number of carbonyl (C=O) groups excluding carboxylic acids is 1. The Labute approximate surface area is 156 Å². The maximum absolute atomic E-state index is 13.0. The van der Waals surface area contributed by atoms with Crippen LogP contribution in [0.1, 0.15) is 50.2 Å². The van der Waals surface area contributed by atoms with Crippen LogP contribution in [0, 0.1) is 34.6 Å². The monoisotopic (exact) mass is 366 g/mol. The summed E-state index contributed by atoms with van der Waals surface area (Å²) in [4.78, 5) is 29.4. The number of hydrogen-bond donors (Lipinski definition) is 3. The molecule has 3 aromatic rings. The number of aromatic nitrogens is 3. The zero-order valence-corrected chi connectivity index (χ0v) is 16.0. The average molecular weight is 366 g/mol. The van der Waals surface area contributed by atoms with E-state index in [-0.39, 0.29) is 0 Å². The first-order chi connectivity index (χ1) is 12.7. The van der Waals surface area contributed by atoms with Crippen LogP contribution in [0.15, 0.2) is 18.2 Å². The Kier molecular flexibility index (Phi) is 4.70. The molecular formula is C20H22N4O3. The summed E-state index contributed by atoms with van der Waals surface area (Å²) in [6, 6.07) is 4.28. The minimum Gasteiger partial charge on any atom is -0.479 e. The third-order valence-corrected chi connectivity index (χ3v) is 4.87. The molecule has 7 nitrogen and oxygen atoms in total. The molecule has 0 aliphatic heterocycles. The number of rotatable bonds is 4. The van der Waals surface area contributed by atoms with Gasteiger partial charge in [-0.05, 0) is 51.8 Å². The van der Waals surface area contributed by atoms with Crippen LogP contribution in [-0.4, -0.2) is 32.2 Å². The highest BCUT2D eigenvalue weighted by molar-refractivity contribution is 6.08. The van der Waals surface area contributed by atoms with Gasteiger partial charge in [0.25, 0.3) is 5.91 Å². The van der Waals surface area contributed by atoms with Gasteiger partial charge in [-0.2, -0.15) is 5.10 Å². The molecule has 1 amide bonds. The number of fused-ring (bicyclic) bond motifs is 1. The SMILES string of the molecule is Cc1cc(C(=O)N[C@@H](C(=O)O)c2c(C)n[nH]c2C)c2ccc(C)c(C)c2n1. The average Bonchev–Trinajstić information content (AvgIpc) is 2.94. The molecule has 1 aromatic carbocycles. The van der Waals surface area contributed by atoms with Crippen LogP contribution < -0.4 is 5.32 Å². The Bertz CT molecular complexity index is 1050. The van der Waals surface area contributed by atoms with E-state index in [1.54, 1.807) is 19.9 Å². The summed E-state index contributed by atoms with van der Waals surface area (Å²) >= 11 is 0. The fourth-order valence-electron chi connectivity index (χ4n) is 3.30. The summed E-state index contributed by atoms with van der Waals surface area (Å²) in [6.45, 7) is 9.21. The summed E-state index contributed by atoms with van der Waals surface area (Å²) in [5.74, 6) is -1.60. The van der Waals surface area contributed by atoms with Crippen molar-refractivity contribution in [3.8, 4) is 0 Å². The van der Waals surface area contributed by atoms with Gasteiger partial charge in [-0.15, -0.1) is 0 Å². The number of carboxylic acid groups (broad SMARTS) is 1. The quantitative estimate of drug-likeness (QED) is 0.658. The number of hydrogen-bond acceptors (Lipinski definition) is 4. The molecule has 0 aliphatic rings. The topological polar surface area (TPSA) is 108 Å². The fourth-order valence-corrected chi connectivity index (χ4v) is 3.30. The molecule has 27 heavy (non-hydrogen) atoms. The van der Waals surface area contributed by atoms with Crippen LogP contribution in [-0.2, 0) is 4.79 Å². The second-order valence-electron chi connectivity index (χ2n) is 6.81. The Balaban J connectivity index is 2.08. The molecule has 0 bridgehead atoms. The number of carbonyl (C=O) groups is 2. The van der Waals surface area contributed by atoms with Crippen LogP contribution in [0.3, 0.4) is 0 Å². The van der Waals surface area contributed by atoms with Gasteiger partial charge in [0.05, 0.1) is 16.8 Å². The number of aliphatic carboxylic acids is 1. The Morgan fingerprint density at radius 3 is 2.44 bits per heavy atom. The van der Waals surface area contributed by atoms with Crippen molar-refractivity contribution in [3.63, 3.8) is 0 Å². The lowest BCUT2D eigenvalue weighted by Crippen LogP contribution is -2.34. The molecule has 0 radical (unpaired) electrons. The molecule has 2 aromatic heterocycles. The normalized spacial score (nSPS) is 12.2. The second kappa shape index (κ2) is 6.83. The minimum atomic E-state index is -1.19. The molecule has 2 heterocycles. The van der Waals surface area contributed by atoms with Crippen molar-refractivity contribution >= 4 is 22.8 Å². The number of carboxylic acids is 1. The second-order valence-corrected chi connectivity index (χ2v) is 6.81. The minimum absolute atomic E-state index is 0.408. The summed E-state index contributed by atoms with van der Waals surface area (Å²) in [6.07, 6.45) is 0. The lowest BCUT2D eigenvalue weighted by atomic mass is 9.99. The standard InChI is InChI=1S/C20H22N4O3/c1-9-6-7-14-15(8-10(2)21-17(14)11(9)3)19(25)22-18(20(26)27)16-12(4)23-24-13(16)5/h6-8,18H,1-5H3,(H,22,25)(H,23,24)(H,26,27)/t18-/m1/s1. The van der Waals surface area contributed by atoms with Gasteiger partial charge >= 0.3 is 5.97 Å². The van der Waals surface area contributed by atoms with Gasteiger partial charge in [0, 0.05) is 22.3 Å². The van der Waals surface area contributed by atoms with E-state index in [9.17, 15) is 14.7 Å². The molecular weight excluding hydrogens is 344 g/mol. The number of aromatic amines is 1. The highest BCUT2D eigenvalue weighted by Gasteiger charge is 2.28. The molecule has 1 atom stereocenters. The summed E-state index contributed by atoms with van der Waals surface area (Å²) < 4.78 is 0. The van der Waals surface area contributed by atoms with E-state index in [4.69, 9.17) is 0 Å². The molecule has 0 saturated heterocycles. The molecule has 0 unspecified atom stereocenters. The Hall–Kier alpha value is -3.22. The zero-order valence-electron chi connectivity index (χ0n) is 16.0. The van der Waals surface area contributed by atoms with Gasteiger partial charge in [-0.3, -0.25) is 14.9 Å². The maximum Gasteiger partial charge on any atom is 0.331 e. The highest BCUT2D eigenvalue weighted by atomic mass is 16.4. The fraction of sp³-hybridized carbons (Fsp3) is 0.300. The van der Waals surface area contributed by atoms with E-state index < -0.39 is 17.9 Å². The lowest BCUT2D eigenvalue weighted by molar-refractivity contribution is -0.139. The summed E-state index contributed by atoms with van der Waals surface area (Å²) in [7, 11) is 0. The van der Waals surface area contributed by atoms with E-state index in [0.29, 0.717) is 33.6 Å². The zero-order chi connectivity index (χ0) is 19.9. The third-order valence-electron chi connectivity index (χ3n) is 4.87. The van der Waals surface area contributed by atoms with Gasteiger partial charge in [-0.1, -0.05) is 12.1 Å². The smallest absolute Gasteiger partial charge is 0.331 e. The van der Waals surface area contributed by atoms with Gasteiger partial charge < -0.3 is 10.4 Å². The van der Waals surface area contributed by atoms with Gasteiger partial charge in [0.15, 0.2) is 6.04 Å². The maximum atomic E-state index is 13.0. The predicted octanol–water partition coefficient (Wildman–Crippen LogP) is 3.06. The van der Waals surface area contributed by atoms with Gasteiger partial charge in [0.1, 0.15) is 0 Å². The van der Waals surface area contributed by atoms with Crippen LogP contribution in [0.4, 0.5) is 0 Å². The first kappa shape index (κ1) is 18.6. The van der Waals surface area contributed by atoms with Gasteiger partial charge in [0.2, 0.25) is 0 Å². The van der Waals surface area contributed by atoms with Crippen molar-refractivity contribution < 1.29 is 14.7 Å². The van der Waals surface area contributed by atoms with Crippen LogP contribution in [0.2, 0.25) is 0 Å². The number of aryl methyl sites for hydroxylation is 5. The van der Waals surface area contributed by atoms with E-state index in [1.165, 1.54) is 0 Å². The molecule has 3 N–H and O–H groups in total. The molecule has 0 spiro atoms. The summed E-state index contributed by atoms with van der Waals surface area (Å²) in [5.41, 5.74) is 5.57. The molecule has 0 aliphatic carbocycles. The largest absolute Gasteiger partial charge is 0.479 e. The number of nitrogens with zero attached hydrogens (tertiary/aromatic N) is 2. The number of pyridine rings is 1. The number of H-pyrrole nitrogens is 1. The van der Waals surface area contributed by atoms with Gasteiger partial charge in [-0.25, -0.2) is 4.79 Å². The molecule has 7 heteroatoms. The number of nitrogens with one attached hydrogen (secondary N) is 2. The number of amides is 1. The van der Waals surface area contributed by atoms with E-state index in [0.717, 1.165) is 16.6 Å². The predicted molar refractivity (Wildman–Crippen MR) is 102 cm³/mol. The molecule has 0 saturated carbocycles.